The first-order chi connectivity index (χ1) is 8.27. The molecule has 2 N–H and O–H groups in total. The van der Waals surface area contributed by atoms with Crippen molar-refractivity contribution in [1.29, 1.82) is 0 Å². The first-order valence-corrected chi connectivity index (χ1v) is 6.90. The molecule has 1 fully saturated rings. The Hall–Kier alpha value is -1.00. The molecule has 1 aromatic rings. The molecule has 17 heavy (non-hydrogen) atoms. The highest BCUT2D eigenvalue weighted by Crippen LogP contribution is 2.27. The van der Waals surface area contributed by atoms with Crippen molar-refractivity contribution in [2.45, 2.75) is 23.8 Å². The number of thioether (sulfide) groups is 1. The summed E-state index contributed by atoms with van der Waals surface area (Å²) in [6, 6.07) is 10.4. The van der Waals surface area contributed by atoms with E-state index < -0.39 is 5.97 Å². The smallest absolute Gasteiger partial charge is 0.308 e. The minimum Gasteiger partial charge on any atom is -0.481 e. The lowest BCUT2D eigenvalue weighted by molar-refractivity contribution is -0.145. The topological polar surface area (TPSA) is 49.3 Å². The van der Waals surface area contributed by atoms with Crippen LogP contribution in [0.2, 0.25) is 0 Å². The van der Waals surface area contributed by atoms with Crippen molar-refractivity contribution in [2.24, 2.45) is 5.92 Å². The SMILES string of the molecule is O=C(O)C1CCC1NCCSc1ccccc1. The number of nitrogens with one attached hydrogen (secondary N) is 1. The molecule has 2 unspecified atom stereocenters. The van der Waals surface area contributed by atoms with Crippen molar-refractivity contribution in [1.82, 2.24) is 5.32 Å². The molecular weight excluding hydrogens is 234 g/mol. The summed E-state index contributed by atoms with van der Waals surface area (Å²) in [5, 5.41) is 12.2. The third-order valence-electron chi connectivity index (χ3n) is 3.11. The van der Waals surface area contributed by atoms with E-state index in [0.717, 1.165) is 25.1 Å². The van der Waals surface area contributed by atoms with Gasteiger partial charge in [-0.25, -0.2) is 0 Å². The second-order valence-corrected chi connectivity index (χ2v) is 5.41. The third kappa shape index (κ3) is 3.48. The van der Waals surface area contributed by atoms with Gasteiger partial charge in [-0.05, 0) is 25.0 Å². The Morgan fingerprint density at radius 3 is 2.71 bits per heavy atom. The summed E-state index contributed by atoms with van der Waals surface area (Å²) in [5.74, 6) is 0.147. The molecule has 1 aliphatic carbocycles. The highest BCUT2D eigenvalue weighted by atomic mass is 32.2. The Morgan fingerprint density at radius 2 is 2.12 bits per heavy atom. The number of carboxylic acid groups (broad SMARTS) is 1. The molecule has 0 bridgehead atoms. The van der Waals surface area contributed by atoms with Crippen molar-refractivity contribution >= 4 is 17.7 Å². The summed E-state index contributed by atoms with van der Waals surface area (Å²) < 4.78 is 0. The van der Waals surface area contributed by atoms with Crippen molar-refractivity contribution < 1.29 is 9.90 Å². The fourth-order valence-electron chi connectivity index (χ4n) is 1.97. The average molecular weight is 251 g/mol. The van der Waals surface area contributed by atoms with E-state index in [1.165, 1.54) is 4.90 Å². The van der Waals surface area contributed by atoms with Gasteiger partial charge in [0.1, 0.15) is 0 Å². The van der Waals surface area contributed by atoms with Crippen molar-refractivity contribution in [3.63, 3.8) is 0 Å². The fourth-order valence-corrected chi connectivity index (χ4v) is 2.78. The Labute approximate surface area is 106 Å². The van der Waals surface area contributed by atoms with Crippen molar-refractivity contribution in [3.05, 3.63) is 30.3 Å². The van der Waals surface area contributed by atoms with Gasteiger partial charge < -0.3 is 10.4 Å². The van der Waals surface area contributed by atoms with Gasteiger partial charge in [0.15, 0.2) is 0 Å². The van der Waals surface area contributed by atoms with Crippen molar-refractivity contribution in [2.75, 3.05) is 12.3 Å². The molecule has 0 radical (unpaired) electrons. The van der Waals surface area contributed by atoms with Gasteiger partial charge in [0, 0.05) is 23.2 Å². The normalized spacial score (nSPS) is 23.1. The van der Waals surface area contributed by atoms with Crippen LogP contribution in [0.4, 0.5) is 0 Å². The third-order valence-corrected chi connectivity index (χ3v) is 4.13. The molecule has 0 saturated heterocycles. The van der Waals surface area contributed by atoms with E-state index in [-0.39, 0.29) is 12.0 Å². The molecule has 0 heterocycles. The van der Waals surface area contributed by atoms with Gasteiger partial charge in [-0.3, -0.25) is 4.79 Å². The monoisotopic (exact) mass is 251 g/mol. The van der Waals surface area contributed by atoms with Gasteiger partial charge in [0.2, 0.25) is 0 Å². The van der Waals surface area contributed by atoms with E-state index in [1.54, 1.807) is 11.8 Å². The van der Waals surface area contributed by atoms with Gasteiger partial charge in [-0.1, -0.05) is 18.2 Å². The zero-order valence-corrected chi connectivity index (χ0v) is 10.5. The highest BCUT2D eigenvalue weighted by Gasteiger charge is 2.35. The predicted molar refractivity (Wildman–Crippen MR) is 69.3 cm³/mol. The number of aliphatic carboxylic acids is 1. The van der Waals surface area contributed by atoms with Crippen LogP contribution in [0.5, 0.6) is 0 Å². The van der Waals surface area contributed by atoms with Gasteiger partial charge in [0.25, 0.3) is 0 Å². The molecule has 0 amide bonds. The van der Waals surface area contributed by atoms with E-state index in [2.05, 4.69) is 17.4 Å². The number of rotatable bonds is 6. The summed E-state index contributed by atoms with van der Waals surface area (Å²) in [5.41, 5.74) is 0. The summed E-state index contributed by atoms with van der Waals surface area (Å²) in [6.07, 6.45) is 1.81. The summed E-state index contributed by atoms with van der Waals surface area (Å²) in [7, 11) is 0. The number of hydrogen-bond acceptors (Lipinski definition) is 3. The lowest BCUT2D eigenvalue weighted by Crippen LogP contribution is -2.48. The standard InChI is InChI=1S/C13H17NO2S/c15-13(16)11-6-7-12(11)14-8-9-17-10-4-2-1-3-5-10/h1-5,11-12,14H,6-9H2,(H,15,16). The number of carbonyl (C=O) groups is 1. The quantitative estimate of drug-likeness (QED) is 0.601. The molecule has 0 aliphatic heterocycles. The summed E-state index contributed by atoms with van der Waals surface area (Å²) >= 11 is 1.80. The second kappa shape index (κ2) is 6.07. The van der Waals surface area contributed by atoms with Crippen LogP contribution in [0, 0.1) is 5.92 Å². The number of benzene rings is 1. The molecular formula is C13H17NO2S. The number of carboxylic acids is 1. The highest BCUT2D eigenvalue weighted by molar-refractivity contribution is 7.99. The number of hydrogen-bond donors (Lipinski definition) is 2. The zero-order valence-electron chi connectivity index (χ0n) is 9.63. The van der Waals surface area contributed by atoms with Gasteiger partial charge in [-0.2, -0.15) is 0 Å². The van der Waals surface area contributed by atoms with Gasteiger partial charge in [-0.15, -0.1) is 11.8 Å². The lowest BCUT2D eigenvalue weighted by Gasteiger charge is -2.34. The molecule has 3 nitrogen and oxygen atoms in total. The van der Waals surface area contributed by atoms with Crippen LogP contribution in [-0.4, -0.2) is 29.4 Å². The van der Waals surface area contributed by atoms with Crippen LogP contribution in [-0.2, 0) is 4.79 Å². The molecule has 0 aromatic heterocycles. The van der Waals surface area contributed by atoms with Crippen LogP contribution >= 0.6 is 11.8 Å². The van der Waals surface area contributed by atoms with Crippen LogP contribution in [0.25, 0.3) is 0 Å². The second-order valence-electron chi connectivity index (χ2n) is 4.24. The molecule has 2 rings (SSSR count). The van der Waals surface area contributed by atoms with Crippen LogP contribution in [0.15, 0.2) is 35.2 Å². The maximum atomic E-state index is 10.8. The fraction of sp³-hybridized carbons (Fsp3) is 0.462. The van der Waals surface area contributed by atoms with Gasteiger partial charge in [0.05, 0.1) is 5.92 Å². The minimum absolute atomic E-state index is 0.170. The Balaban J connectivity index is 1.62. The van der Waals surface area contributed by atoms with E-state index >= 15 is 0 Å². The molecule has 1 saturated carbocycles. The summed E-state index contributed by atoms with van der Waals surface area (Å²) in [6.45, 7) is 0.869. The molecule has 4 heteroatoms. The predicted octanol–water partition coefficient (Wildman–Crippen LogP) is 2.23. The lowest BCUT2D eigenvalue weighted by atomic mass is 9.80. The van der Waals surface area contributed by atoms with Crippen LogP contribution in [0.3, 0.4) is 0 Å². The van der Waals surface area contributed by atoms with E-state index in [1.807, 2.05) is 18.2 Å². The van der Waals surface area contributed by atoms with Gasteiger partial charge >= 0.3 is 5.97 Å². The first kappa shape index (κ1) is 12.5. The molecule has 2 atom stereocenters. The van der Waals surface area contributed by atoms with Crippen LogP contribution in [0.1, 0.15) is 12.8 Å². The average Bonchev–Trinajstić information content (AvgIpc) is 2.27. The maximum absolute atomic E-state index is 10.8. The largest absolute Gasteiger partial charge is 0.481 e. The Kier molecular flexibility index (Phi) is 4.45. The molecule has 1 aromatic carbocycles. The Bertz CT molecular complexity index is 369. The molecule has 92 valence electrons. The molecule has 1 aliphatic rings. The van der Waals surface area contributed by atoms with Crippen molar-refractivity contribution in [3.8, 4) is 0 Å². The van der Waals surface area contributed by atoms with E-state index in [4.69, 9.17) is 5.11 Å². The maximum Gasteiger partial charge on any atom is 0.308 e. The van der Waals surface area contributed by atoms with E-state index in [9.17, 15) is 4.79 Å². The summed E-state index contributed by atoms with van der Waals surface area (Å²) in [4.78, 5) is 12.1. The first-order valence-electron chi connectivity index (χ1n) is 5.91. The van der Waals surface area contributed by atoms with E-state index in [0.29, 0.717) is 0 Å². The minimum atomic E-state index is -0.663. The Morgan fingerprint density at radius 1 is 1.35 bits per heavy atom. The molecule has 0 spiro atoms. The van der Waals surface area contributed by atoms with Crippen LogP contribution < -0.4 is 5.32 Å². The zero-order chi connectivity index (χ0) is 12.1.